The summed E-state index contributed by atoms with van der Waals surface area (Å²) in [7, 11) is 0. The minimum Gasteiger partial charge on any atom is -0.481 e. The monoisotopic (exact) mass is 286 g/mol. The fraction of sp³-hybridized carbons (Fsp3) is 0.400. The maximum absolute atomic E-state index is 11.7. The fourth-order valence-corrected chi connectivity index (χ4v) is 2.91. The normalized spacial score (nSPS) is 24.0. The van der Waals surface area contributed by atoms with Crippen LogP contribution >= 0.6 is 0 Å². The van der Waals surface area contributed by atoms with Crippen LogP contribution in [0.25, 0.3) is 5.82 Å². The first kappa shape index (κ1) is 13.8. The third-order valence-electron chi connectivity index (χ3n) is 4.20. The van der Waals surface area contributed by atoms with E-state index >= 15 is 0 Å². The zero-order chi connectivity index (χ0) is 14.9. The van der Waals surface area contributed by atoms with Crippen molar-refractivity contribution < 1.29 is 9.90 Å². The van der Waals surface area contributed by atoms with E-state index < -0.39 is 11.4 Å². The van der Waals surface area contributed by atoms with Gasteiger partial charge in [-0.1, -0.05) is 6.07 Å². The van der Waals surface area contributed by atoms with Crippen molar-refractivity contribution in [3.63, 3.8) is 0 Å². The lowest BCUT2D eigenvalue weighted by molar-refractivity contribution is -0.140. The molecular weight excluding hydrogens is 268 g/mol. The van der Waals surface area contributed by atoms with Gasteiger partial charge in [0.25, 0.3) is 0 Å². The maximum Gasteiger partial charge on any atom is 0.316 e. The van der Waals surface area contributed by atoms with E-state index in [4.69, 9.17) is 5.73 Å². The molecule has 0 aliphatic heterocycles. The van der Waals surface area contributed by atoms with Crippen LogP contribution in [0.2, 0.25) is 0 Å². The minimum absolute atomic E-state index is 0.130. The Kier molecular flexibility index (Phi) is 3.47. The molecule has 110 valence electrons. The number of carboxylic acids is 1. The molecule has 1 aliphatic rings. The molecule has 3 N–H and O–H groups in total. The molecule has 0 saturated heterocycles. The number of carbonyl (C=O) groups is 1. The quantitative estimate of drug-likeness (QED) is 0.836. The molecule has 2 aromatic heterocycles. The highest BCUT2D eigenvalue weighted by molar-refractivity contribution is 5.85. The largest absolute Gasteiger partial charge is 0.481 e. The Bertz CT molecular complexity index is 640. The molecule has 1 aliphatic carbocycles. The molecule has 2 aromatic rings. The molecule has 0 radical (unpaired) electrons. The standard InChI is InChI=1S/C15H18N4O2/c16-6-3-4-11-8-15(11,14(20)21)12-9-19(10-18-12)13-5-1-2-7-17-13/h1-2,5,7,9-11H,3-4,6,8,16H2,(H,20,21)/t11-,15+/m1/s1. The fourth-order valence-electron chi connectivity index (χ4n) is 2.91. The predicted molar refractivity (Wildman–Crippen MR) is 77.1 cm³/mol. The van der Waals surface area contributed by atoms with Crippen molar-refractivity contribution in [3.8, 4) is 5.82 Å². The number of nitrogens with zero attached hydrogens (tertiary/aromatic N) is 3. The van der Waals surface area contributed by atoms with Crippen molar-refractivity contribution in [2.24, 2.45) is 11.7 Å². The van der Waals surface area contributed by atoms with E-state index in [0.29, 0.717) is 18.7 Å². The number of hydrogen-bond donors (Lipinski definition) is 2. The summed E-state index contributed by atoms with van der Waals surface area (Å²) in [4.78, 5) is 20.3. The van der Waals surface area contributed by atoms with Crippen molar-refractivity contribution >= 4 is 5.97 Å². The van der Waals surface area contributed by atoms with E-state index in [-0.39, 0.29) is 5.92 Å². The summed E-state index contributed by atoms with van der Waals surface area (Å²) in [6, 6.07) is 5.58. The van der Waals surface area contributed by atoms with E-state index in [1.54, 1.807) is 23.3 Å². The summed E-state index contributed by atoms with van der Waals surface area (Å²) < 4.78 is 1.76. The number of rotatable bonds is 6. The van der Waals surface area contributed by atoms with E-state index in [0.717, 1.165) is 18.7 Å². The zero-order valence-corrected chi connectivity index (χ0v) is 11.6. The molecule has 21 heavy (non-hydrogen) atoms. The third-order valence-corrected chi connectivity index (χ3v) is 4.20. The van der Waals surface area contributed by atoms with E-state index in [9.17, 15) is 9.90 Å². The second-order valence-electron chi connectivity index (χ2n) is 5.46. The molecule has 0 spiro atoms. The number of carboxylic acid groups (broad SMARTS) is 1. The van der Waals surface area contributed by atoms with Crippen LogP contribution < -0.4 is 5.73 Å². The van der Waals surface area contributed by atoms with Crippen LogP contribution in [0, 0.1) is 5.92 Å². The highest BCUT2D eigenvalue weighted by Gasteiger charge is 2.62. The van der Waals surface area contributed by atoms with Crippen LogP contribution in [0.4, 0.5) is 0 Å². The van der Waals surface area contributed by atoms with E-state index in [1.807, 2.05) is 18.2 Å². The number of aromatic nitrogens is 3. The molecule has 2 heterocycles. The van der Waals surface area contributed by atoms with Gasteiger partial charge in [-0.2, -0.15) is 0 Å². The van der Waals surface area contributed by atoms with Gasteiger partial charge in [-0.05, 0) is 43.9 Å². The summed E-state index contributed by atoms with van der Waals surface area (Å²) in [5.74, 6) is 0.0670. The Balaban J connectivity index is 1.86. The van der Waals surface area contributed by atoms with Crippen LogP contribution in [-0.2, 0) is 10.2 Å². The molecule has 0 bridgehead atoms. The number of imidazole rings is 1. The molecule has 0 unspecified atom stereocenters. The van der Waals surface area contributed by atoms with Gasteiger partial charge in [0.15, 0.2) is 0 Å². The molecule has 0 aromatic carbocycles. The number of pyridine rings is 1. The van der Waals surface area contributed by atoms with Gasteiger partial charge in [0.05, 0.1) is 5.69 Å². The average Bonchev–Trinajstić information content (AvgIpc) is 3.03. The summed E-state index contributed by atoms with van der Waals surface area (Å²) in [5, 5.41) is 9.61. The van der Waals surface area contributed by atoms with Gasteiger partial charge < -0.3 is 10.8 Å². The van der Waals surface area contributed by atoms with Crippen molar-refractivity contribution in [3.05, 3.63) is 42.6 Å². The molecule has 6 heteroatoms. The van der Waals surface area contributed by atoms with Crippen LogP contribution in [0.15, 0.2) is 36.9 Å². The van der Waals surface area contributed by atoms with E-state index in [2.05, 4.69) is 9.97 Å². The smallest absolute Gasteiger partial charge is 0.316 e. The Labute approximate surface area is 122 Å². The van der Waals surface area contributed by atoms with Crippen LogP contribution in [-0.4, -0.2) is 32.2 Å². The Morgan fingerprint density at radius 1 is 1.48 bits per heavy atom. The highest BCUT2D eigenvalue weighted by Crippen LogP contribution is 2.56. The molecule has 6 nitrogen and oxygen atoms in total. The molecule has 1 fully saturated rings. The molecule has 2 atom stereocenters. The number of aliphatic carboxylic acids is 1. The summed E-state index contributed by atoms with van der Waals surface area (Å²) in [5.41, 5.74) is 5.29. The van der Waals surface area contributed by atoms with Crippen molar-refractivity contribution in [1.82, 2.24) is 14.5 Å². The topological polar surface area (TPSA) is 94.0 Å². The first-order valence-corrected chi connectivity index (χ1v) is 7.08. The SMILES string of the molecule is NCCC[C@@H]1C[C@@]1(C(=O)O)c1cn(-c2ccccn2)cn1. The van der Waals surface area contributed by atoms with Crippen LogP contribution in [0.5, 0.6) is 0 Å². The second kappa shape index (κ2) is 5.29. The molecule has 3 rings (SSSR count). The first-order chi connectivity index (χ1) is 10.2. The molecule has 0 amide bonds. The zero-order valence-electron chi connectivity index (χ0n) is 11.6. The van der Waals surface area contributed by atoms with Gasteiger partial charge >= 0.3 is 5.97 Å². The lowest BCUT2D eigenvalue weighted by Gasteiger charge is -2.09. The van der Waals surface area contributed by atoms with Crippen molar-refractivity contribution in [2.45, 2.75) is 24.7 Å². The summed E-state index contributed by atoms with van der Waals surface area (Å²) in [6.45, 7) is 0.592. The lowest BCUT2D eigenvalue weighted by Crippen LogP contribution is -2.23. The third kappa shape index (κ3) is 2.31. The first-order valence-electron chi connectivity index (χ1n) is 7.08. The van der Waals surface area contributed by atoms with Gasteiger partial charge in [0, 0.05) is 12.4 Å². The Morgan fingerprint density at radius 3 is 3.00 bits per heavy atom. The van der Waals surface area contributed by atoms with Gasteiger partial charge in [-0.3, -0.25) is 9.36 Å². The number of hydrogen-bond acceptors (Lipinski definition) is 4. The minimum atomic E-state index is -0.838. The van der Waals surface area contributed by atoms with Crippen molar-refractivity contribution in [2.75, 3.05) is 6.54 Å². The van der Waals surface area contributed by atoms with E-state index in [1.165, 1.54) is 0 Å². The van der Waals surface area contributed by atoms with Gasteiger partial charge in [0.1, 0.15) is 17.6 Å². The lowest BCUT2D eigenvalue weighted by atomic mass is 9.98. The Hall–Kier alpha value is -2.21. The molecule has 1 saturated carbocycles. The predicted octanol–water partition coefficient (Wildman–Crippen LogP) is 1.35. The van der Waals surface area contributed by atoms with Gasteiger partial charge in [-0.25, -0.2) is 9.97 Å². The summed E-state index contributed by atoms with van der Waals surface area (Å²) >= 11 is 0. The average molecular weight is 286 g/mol. The number of nitrogens with two attached hydrogens (primary N) is 1. The van der Waals surface area contributed by atoms with Crippen LogP contribution in [0.1, 0.15) is 25.0 Å². The molecular formula is C15H18N4O2. The van der Waals surface area contributed by atoms with Gasteiger partial charge in [0.2, 0.25) is 0 Å². The summed E-state index contributed by atoms with van der Waals surface area (Å²) in [6.07, 6.45) is 7.42. The highest BCUT2D eigenvalue weighted by atomic mass is 16.4. The Morgan fingerprint density at radius 2 is 2.33 bits per heavy atom. The maximum atomic E-state index is 11.7. The van der Waals surface area contributed by atoms with Crippen LogP contribution in [0.3, 0.4) is 0 Å². The van der Waals surface area contributed by atoms with Crippen molar-refractivity contribution in [1.29, 1.82) is 0 Å². The second-order valence-corrected chi connectivity index (χ2v) is 5.46. The van der Waals surface area contributed by atoms with Gasteiger partial charge in [-0.15, -0.1) is 0 Å².